The maximum atomic E-state index is 12.8. The maximum absolute atomic E-state index is 12.8. The molecule has 0 aliphatic carbocycles. The molecule has 0 unspecified atom stereocenters. The number of nitrogens with one attached hydrogen (secondary N) is 2. The van der Waals surface area contributed by atoms with Gasteiger partial charge in [-0.15, -0.1) is 0 Å². The standard InChI is InChI=1S/C22H18Cl2N2O4S/c23-16-6-9-18(10-7-16)31(29,30)25-13-12-21(27)26-20-11-8-17(24)14-19(20)22(28)15-4-2-1-3-5-15/h1-11,14,25H,12-13H2,(H,26,27). The lowest BCUT2D eigenvalue weighted by molar-refractivity contribution is -0.116. The lowest BCUT2D eigenvalue weighted by atomic mass is 10.0. The minimum atomic E-state index is -3.77. The van der Waals surface area contributed by atoms with Crippen LogP contribution in [0.3, 0.4) is 0 Å². The summed E-state index contributed by atoms with van der Waals surface area (Å²) in [6, 6.07) is 18.9. The van der Waals surface area contributed by atoms with E-state index in [4.69, 9.17) is 23.2 Å². The summed E-state index contributed by atoms with van der Waals surface area (Å²) in [7, 11) is -3.77. The second-order valence-corrected chi connectivity index (χ2v) is 9.17. The van der Waals surface area contributed by atoms with E-state index < -0.39 is 15.9 Å². The maximum Gasteiger partial charge on any atom is 0.240 e. The average Bonchev–Trinajstić information content (AvgIpc) is 2.75. The third-order valence-corrected chi connectivity index (χ3v) is 6.27. The van der Waals surface area contributed by atoms with Gasteiger partial charge in [-0.05, 0) is 42.5 Å². The fourth-order valence-electron chi connectivity index (χ4n) is 2.77. The van der Waals surface area contributed by atoms with Crippen molar-refractivity contribution in [3.63, 3.8) is 0 Å². The fraction of sp³-hybridized carbons (Fsp3) is 0.0909. The van der Waals surface area contributed by atoms with E-state index in [1.54, 1.807) is 36.4 Å². The predicted molar refractivity (Wildman–Crippen MR) is 121 cm³/mol. The van der Waals surface area contributed by atoms with Gasteiger partial charge in [0.1, 0.15) is 0 Å². The molecular weight excluding hydrogens is 459 g/mol. The molecule has 0 bridgehead atoms. The number of benzene rings is 3. The predicted octanol–water partition coefficient (Wildman–Crippen LogP) is 4.53. The molecule has 9 heteroatoms. The van der Waals surface area contributed by atoms with E-state index in [1.165, 1.54) is 36.4 Å². The largest absolute Gasteiger partial charge is 0.325 e. The summed E-state index contributed by atoms with van der Waals surface area (Å²) < 4.78 is 26.9. The molecule has 0 saturated carbocycles. The summed E-state index contributed by atoms with van der Waals surface area (Å²) in [4.78, 5) is 25.2. The van der Waals surface area contributed by atoms with Gasteiger partial charge in [-0.1, -0.05) is 53.5 Å². The van der Waals surface area contributed by atoms with Gasteiger partial charge in [0.25, 0.3) is 0 Å². The summed E-state index contributed by atoms with van der Waals surface area (Å²) in [5.74, 6) is -0.745. The zero-order chi connectivity index (χ0) is 22.4. The monoisotopic (exact) mass is 476 g/mol. The molecule has 0 atom stereocenters. The highest BCUT2D eigenvalue weighted by atomic mass is 35.5. The number of hydrogen-bond acceptors (Lipinski definition) is 4. The number of halogens is 2. The Labute approximate surface area is 190 Å². The van der Waals surface area contributed by atoms with Gasteiger partial charge in [0.15, 0.2) is 5.78 Å². The SMILES string of the molecule is O=C(CCNS(=O)(=O)c1ccc(Cl)cc1)Nc1ccc(Cl)cc1C(=O)c1ccccc1. The van der Waals surface area contributed by atoms with Crippen molar-refractivity contribution in [2.45, 2.75) is 11.3 Å². The Balaban J connectivity index is 1.66. The van der Waals surface area contributed by atoms with Crippen molar-refractivity contribution in [1.29, 1.82) is 0 Å². The smallest absolute Gasteiger partial charge is 0.240 e. The van der Waals surface area contributed by atoms with Crippen molar-refractivity contribution in [2.75, 3.05) is 11.9 Å². The van der Waals surface area contributed by atoms with Crippen molar-refractivity contribution in [3.05, 3.63) is 94.0 Å². The molecule has 3 aromatic carbocycles. The van der Waals surface area contributed by atoms with E-state index in [0.717, 1.165) is 0 Å². The van der Waals surface area contributed by atoms with Gasteiger partial charge < -0.3 is 5.32 Å². The summed E-state index contributed by atoms with van der Waals surface area (Å²) in [5.41, 5.74) is 0.994. The molecule has 31 heavy (non-hydrogen) atoms. The summed E-state index contributed by atoms with van der Waals surface area (Å²) in [5, 5.41) is 3.42. The molecule has 160 valence electrons. The quantitative estimate of drug-likeness (QED) is 0.467. The summed E-state index contributed by atoms with van der Waals surface area (Å²) >= 11 is 11.8. The summed E-state index contributed by atoms with van der Waals surface area (Å²) in [6.45, 7) is -0.119. The van der Waals surface area contributed by atoms with Crippen LogP contribution < -0.4 is 10.0 Å². The Bertz CT molecular complexity index is 1200. The van der Waals surface area contributed by atoms with Crippen LogP contribution in [0.5, 0.6) is 0 Å². The number of amides is 1. The molecule has 0 heterocycles. The number of carbonyl (C=O) groups excluding carboxylic acids is 2. The minimum absolute atomic E-state index is 0.0470. The third kappa shape index (κ3) is 6.15. The molecular formula is C22H18Cl2N2O4S. The van der Waals surface area contributed by atoms with Crippen molar-refractivity contribution in [1.82, 2.24) is 4.72 Å². The molecule has 0 fully saturated rings. The second kappa shape index (κ2) is 10.1. The Kier molecular flexibility index (Phi) is 7.46. The zero-order valence-electron chi connectivity index (χ0n) is 16.1. The van der Waals surface area contributed by atoms with Gasteiger partial charge >= 0.3 is 0 Å². The van der Waals surface area contributed by atoms with Crippen LogP contribution in [0.15, 0.2) is 77.7 Å². The minimum Gasteiger partial charge on any atom is -0.325 e. The van der Waals surface area contributed by atoms with E-state index in [9.17, 15) is 18.0 Å². The van der Waals surface area contributed by atoms with Gasteiger partial charge in [-0.25, -0.2) is 13.1 Å². The topological polar surface area (TPSA) is 92.3 Å². The van der Waals surface area contributed by atoms with Crippen LogP contribution in [0.2, 0.25) is 10.0 Å². The highest BCUT2D eigenvalue weighted by Gasteiger charge is 2.17. The van der Waals surface area contributed by atoms with E-state index in [0.29, 0.717) is 21.3 Å². The van der Waals surface area contributed by atoms with Crippen LogP contribution in [-0.2, 0) is 14.8 Å². The molecule has 0 aliphatic rings. The van der Waals surface area contributed by atoms with Crippen molar-refractivity contribution >= 4 is 50.6 Å². The number of rotatable bonds is 8. The van der Waals surface area contributed by atoms with Crippen LogP contribution in [-0.4, -0.2) is 26.7 Å². The van der Waals surface area contributed by atoms with Crippen LogP contribution in [0.1, 0.15) is 22.3 Å². The Morgan fingerprint density at radius 2 is 1.48 bits per heavy atom. The normalized spacial score (nSPS) is 11.2. The van der Waals surface area contributed by atoms with Crippen molar-refractivity contribution in [3.8, 4) is 0 Å². The zero-order valence-corrected chi connectivity index (χ0v) is 18.5. The Morgan fingerprint density at radius 1 is 0.839 bits per heavy atom. The van der Waals surface area contributed by atoms with Gasteiger partial charge in [0.2, 0.25) is 15.9 Å². The van der Waals surface area contributed by atoms with Gasteiger partial charge in [-0.3, -0.25) is 9.59 Å². The van der Waals surface area contributed by atoms with Gasteiger partial charge in [-0.2, -0.15) is 0 Å². The molecule has 0 aromatic heterocycles. The highest BCUT2D eigenvalue weighted by Crippen LogP contribution is 2.24. The van der Waals surface area contributed by atoms with Gasteiger partial charge in [0.05, 0.1) is 10.6 Å². The number of hydrogen-bond donors (Lipinski definition) is 2. The molecule has 0 aliphatic heterocycles. The lowest BCUT2D eigenvalue weighted by Crippen LogP contribution is -2.28. The number of sulfonamides is 1. The highest BCUT2D eigenvalue weighted by molar-refractivity contribution is 7.89. The number of anilines is 1. The molecule has 3 aromatic rings. The molecule has 2 N–H and O–H groups in total. The third-order valence-electron chi connectivity index (χ3n) is 4.30. The van der Waals surface area contributed by atoms with Crippen LogP contribution in [0, 0.1) is 0 Å². The van der Waals surface area contributed by atoms with E-state index in [-0.39, 0.29) is 29.2 Å². The van der Waals surface area contributed by atoms with E-state index >= 15 is 0 Å². The van der Waals surface area contributed by atoms with Crippen LogP contribution in [0.25, 0.3) is 0 Å². The van der Waals surface area contributed by atoms with Crippen molar-refractivity contribution < 1.29 is 18.0 Å². The Hall–Kier alpha value is -2.71. The summed E-state index contributed by atoms with van der Waals surface area (Å²) in [6.07, 6.45) is -0.131. The molecule has 0 radical (unpaired) electrons. The number of carbonyl (C=O) groups is 2. The second-order valence-electron chi connectivity index (χ2n) is 6.53. The number of ketones is 1. The first kappa shape index (κ1) is 23.0. The first-order valence-corrected chi connectivity index (χ1v) is 11.4. The molecule has 3 rings (SSSR count). The lowest BCUT2D eigenvalue weighted by Gasteiger charge is -2.12. The first-order valence-electron chi connectivity index (χ1n) is 9.20. The molecule has 6 nitrogen and oxygen atoms in total. The van der Waals surface area contributed by atoms with E-state index in [1.807, 2.05) is 0 Å². The fourth-order valence-corrected chi connectivity index (χ4v) is 4.10. The molecule has 0 spiro atoms. The van der Waals surface area contributed by atoms with Crippen molar-refractivity contribution in [2.24, 2.45) is 0 Å². The van der Waals surface area contributed by atoms with E-state index in [2.05, 4.69) is 10.0 Å². The van der Waals surface area contributed by atoms with Gasteiger partial charge in [0, 0.05) is 34.1 Å². The average molecular weight is 477 g/mol. The first-order chi connectivity index (χ1) is 14.8. The molecule has 1 amide bonds. The van der Waals surface area contributed by atoms with Crippen LogP contribution >= 0.6 is 23.2 Å². The Morgan fingerprint density at radius 3 is 2.16 bits per heavy atom. The molecule has 0 saturated heterocycles. The van der Waals surface area contributed by atoms with Crippen LogP contribution in [0.4, 0.5) is 5.69 Å².